The van der Waals surface area contributed by atoms with Crippen molar-refractivity contribution in [2.24, 2.45) is 5.41 Å². The van der Waals surface area contributed by atoms with Gasteiger partial charge in [-0.2, -0.15) is 18.3 Å². The number of H-pyrrole nitrogens is 1. The number of esters is 1. The molecule has 0 amide bonds. The van der Waals surface area contributed by atoms with E-state index >= 15 is 0 Å². The minimum absolute atomic E-state index is 0.100. The third-order valence-corrected chi connectivity index (χ3v) is 2.22. The lowest BCUT2D eigenvalue weighted by Gasteiger charge is -2.14. The fourth-order valence-corrected chi connectivity index (χ4v) is 1.26. The van der Waals surface area contributed by atoms with Gasteiger partial charge in [0.05, 0.1) is 5.41 Å². The molecule has 0 saturated heterocycles. The molecule has 96 valence electrons. The highest BCUT2D eigenvalue weighted by atomic mass is 32.2. The van der Waals surface area contributed by atoms with Gasteiger partial charge in [0.2, 0.25) is 5.88 Å². The fraction of sp³-hybridized carbons (Fsp3) is 0.556. The molecule has 1 aromatic rings. The molecule has 0 unspecified atom stereocenters. The Bertz CT molecular complexity index is 409. The van der Waals surface area contributed by atoms with Crippen LogP contribution in [0.25, 0.3) is 0 Å². The maximum absolute atomic E-state index is 12.0. The summed E-state index contributed by atoms with van der Waals surface area (Å²) in [5.74, 6) is -0.651. The Hall–Kier alpha value is -1.18. The zero-order valence-electron chi connectivity index (χ0n) is 9.38. The molecule has 0 bridgehead atoms. The van der Waals surface area contributed by atoms with E-state index in [2.05, 4.69) is 10.2 Å². The highest BCUT2D eigenvalue weighted by Gasteiger charge is 2.31. The van der Waals surface area contributed by atoms with E-state index in [0.29, 0.717) is 0 Å². The van der Waals surface area contributed by atoms with Crippen molar-refractivity contribution >= 4 is 17.7 Å². The van der Waals surface area contributed by atoms with Crippen molar-refractivity contribution in [1.29, 1.82) is 0 Å². The van der Waals surface area contributed by atoms with Crippen LogP contribution in [0.5, 0.6) is 5.88 Å². The summed E-state index contributed by atoms with van der Waals surface area (Å²) in [7, 11) is 0. The molecule has 1 heterocycles. The number of nitrogens with zero attached hydrogens (tertiary/aromatic N) is 1. The van der Waals surface area contributed by atoms with E-state index in [4.69, 9.17) is 4.74 Å². The summed E-state index contributed by atoms with van der Waals surface area (Å²) >= 11 is -0.378. The highest BCUT2D eigenvalue weighted by molar-refractivity contribution is 8.00. The highest BCUT2D eigenvalue weighted by Crippen LogP contribution is 2.36. The summed E-state index contributed by atoms with van der Waals surface area (Å²) in [6.07, 6.45) is 0. The Morgan fingerprint density at radius 3 is 2.47 bits per heavy atom. The first-order valence-electron chi connectivity index (χ1n) is 4.61. The van der Waals surface area contributed by atoms with Gasteiger partial charge in [-0.3, -0.25) is 4.79 Å². The number of rotatable bonds is 2. The monoisotopic (exact) mass is 268 g/mol. The molecule has 17 heavy (non-hydrogen) atoms. The number of thioether (sulfide) groups is 1. The maximum Gasteiger partial charge on any atom is 0.447 e. The number of alkyl halides is 3. The molecule has 0 aliphatic carbocycles. The van der Waals surface area contributed by atoms with E-state index in [9.17, 15) is 18.0 Å². The van der Waals surface area contributed by atoms with Gasteiger partial charge in [-0.25, -0.2) is 5.10 Å². The Kier molecular flexibility index (Phi) is 3.75. The van der Waals surface area contributed by atoms with Crippen LogP contribution in [-0.4, -0.2) is 21.7 Å². The first-order chi connectivity index (χ1) is 7.58. The van der Waals surface area contributed by atoms with Crippen molar-refractivity contribution in [1.82, 2.24) is 10.2 Å². The van der Waals surface area contributed by atoms with Gasteiger partial charge in [-0.15, -0.1) is 0 Å². The number of aromatic amines is 1. The van der Waals surface area contributed by atoms with Crippen molar-refractivity contribution in [2.45, 2.75) is 31.3 Å². The van der Waals surface area contributed by atoms with Crippen LogP contribution in [0.3, 0.4) is 0 Å². The summed E-state index contributed by atoms with van der Waals surface area (Å²) < 4.78 is 40.8. The van der Waals surface area contributed by atoms with Crippen molar-refractivity contribution in [3.8, 4) is 5.88 Å². The molecule has 1 N–H and O–H groups in total. The van der Waals surface area contributed by atoms with Gasteiger partial charge < -0.3 is 4.74 Å². The summed E-state index contributed by atoms with van der Waals surface area (Å²) in [6, 6.07) is 1.03. The predicted molar refractivity (Wildman–Crippen MR) is 55.6 cm³/mol. The van der Waals surface area contributed by atoms with Gasteiger partial charge in [0.1, 0.15) is 5.03 Å². The van der Waals surface area contributed by atoms with Gasteiger partial charge in [0.15, 0.2) is 0 Å². The Labute approximate surface area is 99.9 Å². The molecule has 8 heteroatoms. The molecule has 0 spiro atoms. The third kappa shape index (κ3) is 4.68. The second-order valence-corrected chi connectivity index (χ2v) is 5.34. The van der Waals surface area contributed by atoms with E-state index in [-0.39, 0.29) is 22.7 Å². The van der Waals surface area contributed by atoms with Crippen LogP contribution in [0, 0.1) is 5.41 Å². The third-order valence-electron chi connectivity index (χ3n) is 1.57. The van der Waals surface area contributed by atoms with Crippen LogP contribution < -0.4 is 4.74 Å². The molecule has 0 aromatic carbocycles. The maximum atomic E-state index is 12.0. The van der Waals surface area contributed by atoms with E-state index in [1.165, 1.54) is 0 Å². The Balaban J connectivity index is 2.67. The number of nitrogens with one attached hydrogen (secondary N) is 1. The second-order valence-electron chi connectivity index (χ2n) is 4.26. The van der Waals surface area contributed by atoms with Gasteiger partial charge >= 0.3 is 11.5 Å². The topological polar surface area (TPSA) is 55.0 Å². The predicted octanol–water partition coefficient (Wildman–Crippen LogP) is 2.97. The molecular weight excluding hydrogens is 257 g/mol. The number of carbonyl (C=O) groups is 1. The SMILES string of the molecule is CC(C)(C)C(=O)Oc1cc(SC(F)(F)F)n[nH]1. The van der Waals surface area contributed by atoms with Crippen molar-refractivity contribution in [3.05, 3.63) is 6.07 Å². The molecule has 0 radical (unpaired) electrons. The molecule has 0 fully saturated rings. The number of aromatic nitrogens is 2. The summed E-state index contributed by atoms with van der Waals surface area (Å²) in [4.78, 5) is 11.4. The van der Waals surface area contributed by atoms with Crippen LogP contribution in [-0.2, 0) is 4.79 Å². The minimum atomic E-state index is -4.42. The summed E-state index contributed by atoms with van der Waals surface area (Å²) in [5.41, 5.74) is -5.15. The zero-order valence-corrected chi connectivity index (χ0v) is 10.2. The van der Waals surface area contributed by atoms with Crippen LogP contribution >= 0.6 is 11.8 Å². The minimum Gasteiger partial charge on any atom is -0.408 e. The van der Waals surface area contributed by atoms with Crippen LogP contribution in [0.15, 0.2) is 11.1 Å². The molecule has 0 atom stereocenters. The van der Waals surface area contributed by atoms with E-state index in [1.807, 2.05) is 0 Å². The van der Waals surface area contributed by atoms with Gasteiger partial charge in [0, 0.05) is 17.8 Å². The van der Waals surface area contributed by atoms with Gasteiger partial charge in [-0.05, 0) is 20.8 Å². The van der Waals surface area contributed by atoms with Crippen molar-refractivity contribution < 1.29 is 22.7 Å². The standard InChI is InChI=1S/C9H11F3N2O2S/c1-8(2,3)7(15)16-5-4-6(14-13-5)17-9(10,11)12/h4H,1-3H3,(H,13,14). The number of hydrogen-bond acceptors (Lipinski definition) is 4. The quantitative estimate of drug-likeness (QED) is 0.661. The second kappa shape index (κ2) is 4.59. The smallest absolute Gasteiger partial charge is 0.408 e. The molecule has 0 saturated carbocycles. The summed E-state index contributed by atoms with van der Waals surface area (Å²) in [5, 5.41) is 5.30. The molecule has 4 nitrogen and oxygen atoms in total. The molecule has 1 rings (SSSR count). The lowest BCUT2D eigenvalue weighted by molar-refractivity contribution is -0.143. The van der Waals surface area contributed by atoms with E-state index in [1.54, 1.807) is 20.8 Å². The average molecular weight is 268 g/mol. The van der Waals surface area contributed by atoms with Gasteiger partial charge in [-0.1, -0.05) is 0 Å². The lowest BCUT2D eigenvalue weighted by Crippen LogP contribution is -2.25. The first kappa shape index (κ1) is 13.9. The van der Waals surface area contributed by atoms with Crippen LogP contribution in [0.1, 0.15) is 20.8 Å². The molecule has 0 aliphatic heterocycles. The Morgan fingerprint density at radius 2 is 2.00 bits per heavy atom. The normalized spacial score (nSPS) is 12.6. The summed E-state index contributed by atoms with van der Waals surface area (Å²) in [6.45, 7) is 4.91. The van der Waals surface area contributed by atoms with E-state index < -0.39 is 16.9 Å². The number of carbonyl (C=O) groups excluding carboxylic acids is 1. The number of hydrogen-bond donors (Lipinski definition) is 1. The van der Waals surface area contributed by atoms with Gasteiger partial charge in [0.25, 0.3) is 0 Å². The van der Waals surface area contributed by atoms with Crippen LogP contribution in [0.4, 0.5) is 13.2 Å². The van der Waals surface area contributed by atoms with Crippen molar-refractivity contribution in [2.75, 3.05) is 0 Å². The largest absolute Gasteiger partial charge is 0.447 e. The molecule has 0 aliphatic rings. The lowest BCUT2D eigenvalue weighted by atomic mass is 9.97. The first-order valence-corrected chi connectivity index (χ1v) is 5.43. The number of halogens is 3. The van der Waals surface area contributed by atoms with Crippen LogP contribution in [0.2, 0.25) is 0 Å². The zero-order chi connectivity index (χ0) is 13.3. The molecule has 1 aromatic heterocycles. The number of ether oxygens (including phenoxy) is 1. The molecular formula is C9H11F3N2O2S. The Morgan fingerprint density at radius 1 is 1.41 bits per heavy atom. The average Bonchev–Trinajstić information content (AvgIpc) is 2.47. The van der Waals surface area contributed by atoms with Crippen molar-refractivity contribution in [3.63, 3.8) is 0 Å². The van der Waals surface area contributed by atoms with E-state index in [0.717, 1.165) is 6.07 Å². The fourth-order valence-electron chi connectivity index (χ4n) is 0.763.